The van der Waals surface area contributed by atoms with E-state index in [9.17, 15) is 4.79 Å². The zero-order chi connectivity index (χ0) is 31.4. The van der Waals surface area contributed by atoms with E-state index in [4.69, 9.17) is 21.4 Å². The fourth-order valence-electron chi connectivity index (χ4n) is 5.59. The molecule has 0 spiro atoms. The van der Waals surface area contributed by atoms with Gasteiger partial charge in [0, 0.05) is 44.6 Å². The van der Waals surface area contributed by atoms with E-state index in [1.807, 2.05) is 36.4 Å². The molecule has 0 unspecified atom stereocenters. The van der Waals surface area contributed by atoms with Gasteiger partial charge in [-0.2, -0.15) is 0 Å². The summed E-state index contributed by atoms with van der Waals surface area (Å²) in [6, 6.07) is 18.5. The predicted molar refractivity (Wildman–Crippen MR) is 158 cm³/mol. The number of aryl methyl sites for hydroxylation is 1. The van der Waals surface area contributed by atoms with Crippen LogP contribution in [-0.2, 0) is 24.9 Å². The normalized spacial score (nSPS) is 19.4. The Balaban J connectivity index is 0.000000452. The van der Waals surface area contributed by atoms with Gasteiger partial charge in [-0.05, 0) is 85.0 Å². The van der Waals surface area contributed by atoms with Gasteiger partial charge in [0.1, 0.15) is 5.58 Å². The van der Waals surface area contributed by atoms with Crippen molar-refractivity contribution in [3.05, 3.63) is 89.3 Å². The summed E-state index contributed by atoms with van der Waals surface area (Å²) in [5.41, 5.74) is 4.32. The average Bonchev–Trinajstić information content (AvgIpc) is 3.37. The maximum Gasteiger partial charge on any atom is 0.155 e. The number of aromatic nitrogens is 1. The van der Waals surface area contributed by atoms with E-state index in [1.165, 1.54) is 19.9 Å². The van der Waals surface area contributed by atoms with E-state index in [0.29, 0.717) is 22.4 Å². The molecule has 1 radical (unpaired) electrons. The molecule has 0 bridgehead atoms. The van der Waals surface area contributed by atoms with E-state index < -0.39 is 18.6 Å². The number of para-hydroxylation sites is 1. The molecule has 2 aromatic heterocycles. The molecule has 2 heterocycles. The molecular formula is C35H34IrNO3-. The van der Waals surface area contributed by atoms with Crippen LogP contribution in [0, 0.1) is 12.9 Å². The number of benzene rings is 3. The van der Waals surface area contributed by atoms with Crippen LogP contribution in [-0.4, -0.2) is 15.9 Å². The minimum Gasteiger partial charge on any atom is -0.512 e. The molecule has 7 rings (SSSR count). The van der Waals surface area contributed by atoms with Crippen LogP contribution in [0.3, 0.4) is 0 Å². The van der Waals surface area contributed by atoms with Crippen LogP contribution < -0.4 is 0 Å². The Bertz CT molecular complexity index is 1950. The van der Waals surface area contributed by atoms with Crippen LogP contribution in [0.1, 0.15) is 87.7 Å². The van der Waals surface area contributed by atoms with Crippen LogP contribution in [0.5, 0.6) is 0 Å². The second-order valence-electron chi connectivity index (χ2n) is 10.5. The number of furan rings is 1. The predicted octanol–water partition coefficient (Wildman–Crippen LogP) is 9.48. The molecule has 3 aromatic carbocycles. The van der Waals surface area contributed by atoms with Crippen molar-refractivity contribution >= 4 is 38.5 Å². The molecule has 0 saturated heterocycles. The molecule has 2 aliphatic carbocycles. The Morgan fingerprint density at radius 2 is 1.80 bits per heavy atom. The van der Waals surface area contributed by atoms with Gasteiger partial charge in [0.25, 0.3) is 0 Å². The molecular weight excluding hydrogens is 675 g/mol. The quantitative estimate of drug-likeness (QED) is 0.115. The first-order chi connectivity index (χ1) is 20.8. The molecule has 0 amide bonds. The Morgan fingerprint density at radius 3 is 2.48 bits per heavy atom. The SMILES string of the molecule is CC(=O)/C=C(/C)O.[2H]C([2H])([2H])c1[c-]c(-c2ncc(C3([2H])CC3)c3cc(C4([2H])CCCC4)ccc23)c2oc3ccccc3c2c1.[Ir]. The molecule has 0 atom stereocenters. The molecule has 5 aromatic rings. The Hall–Kier alpha value is -3.27. The number of aliphatic hydroxyl groups is 1. The first-order valence-electron chi connectivity index (χ1n) is 16.0. The van der Waals surface area contributed by atoms with Gasteiger partial charge < -0.3 is 14.5 Å². The van der Waals surface area contributed by atoms with Gasteiger partial charge in [-0.25, -0.2) is 0 Å². The third kappa shape index (κ3) is 5.64. The fraction of sp³-hybridized carbons (Fsp3) is 0.314. The van der Waals surface area contributed by atoms with Crippen molar-refractivity contribution in [3.63, 3.8) is 0 Å². The topological polar surface area (TPSA) is 63.3 Å². The van der Waals surface area contributed by atoms with Crippen molar-refractivity contribution in [1.82, 2.24) is 4.98 Å². The summed E-state index contributed by atoms with van der Waals surface area (Å²) in [4.78, 5) is 14.8. The minimum absolute atomic E-state index is 0. The van der Waals surface area contributed by atoms with E-state index >= 15 is 0 Å². The van der Waals surface area contributed by atoms with E-state index in [-0.39, 0.29) is 37.2 Å². The van der Waals surface area contributed by atoms with Crippen LogP contribution in [0.2, 0.25) is 0 Å². The summed E-state index contributed by atoms with van der Waals surface area (Å²) in [6.45, 7) is 0.505. The van der Waals surface area contributed by atoms with Crippen LogP contribution in [0.25, 0.3) is 44.0 Å². The van der Waals surface area contributed by atoms with Crippen molar-refractivity contribution in [1.29, 1.82) is 0 Å². The average molecular weight is 714 g/mol. The molecule has 2 saturated carbocycles. The molecule has 0 aliphatic heterocycles. The van der Waals surface area contributed by atoms with Gasteiger partial charge in [0.05, 0.1) is 11.3 Å². The summed E-state index contributed by atoms with van der Waals surface area (Å²) in [5, 5.41) is 11.7. The number of hydrogen-bond acceptors (Lipinski definition) is 4. The fourth-order valence-corrected chi connectivity index (χ4v) is 5.59. The number of carbonyl (C=O) groups is 1. The third-order valence-corrected chi connectivity index (χ3v) is 7.44. The monoisotopic (exact) mass is 714 g/mol. The molecule has 207 valence electrons. The molecule has 4 nitrogen and oxygen atoms in total. The number of rotatable bonds is 4. The van der Waals surface area contributed by atoms with E-state index in [2.05, 4.69) is 12.1 Å². The summed E-state index contributed by atoms with van der Waals surface area (Å²) in [5.74, 6) is -1.33. The van der Waals surface area contributed by atoms with E-state index in [1.54, 1.807) is 12.3 Å². The van der Waals surface area contributed by atoms with Crippen LogP contribution >= 0.6 is 0 Å². The number of allylic oxidation sites excluding steroid dienone is 2. The van der Waals surface area contributed by atoms with Crippen molar-refractivity contribution in [2.75, 3.05) is 0 Å². The van der Waals surface area contributed by atoms with Gasteiger partial charge >= 0.3 is 0 Å². The van der Waals surface area contributed by atoms with Gasteiger partial charge in [-0.15, -0.1) is 17.7 Å². The van der Waals surface area contributed by atoms with Crippen LogP contribution in [0.4, 0.5) is 0 Å². The Labute approximate surface area is 255 Å². The smallest absolute Gasteiger partial charge is 0.155 e. The van der Waals surface area contributed by atoms with Gasteiger partial charge in [0.15, 0.2) is 5.78 Å². The Kier molecular flexibility index (Phi) is 6.55. The zero-order valence-electron chi connectivity index (χ0n) is 27.6. The van der Waals surface area contributed by atoms with Crippen molar-refractivity contribution in [3.8, 4) is 11.3 Å². The summed E-state index contributed by atoms with van der Waals surface area (Å²) in [7, 11) is 0. The van der Waals surface area contributed by atoms with Crippen molar-refractivity contribution in [2.24, 2.45) is 0 Å². The number of fused-ring (bicyclic) bond motifs is 4. The molecule has 2 aliphatic rings. The molecule has 2 fully saturated rings. The first-order valence-corrected chi connectivity index (χ1v) is 13.5. The van der Waals surface area contributed by atoms with Crippen molar-refractivity contribution < 1.29 is 41.3 Å². The summed E-state index contributed by atoms with van der Waals surface area (Å²) >= 11 is 0. The molecule has 40 heavy (non-hydrogen) atoms. The number of hydrogen-bond donors (Lipinski definition) is 1. The Morgan fingerprint density at radius 1 is 1.02 bits per heavy atom. The van der Waals surface area contributed by atoms with Gasteiger partial charge in [-0.1, -0.05) is 67.0 Å². The number of ketones is 1. The van der Waals surface area contributed by atoms with Gasteiger partial charge in [-0.3, -0.25) is 4.79 Å². The number of nitrogens with zero attached hydrogens (tertiary/aromatic N) is 1. The largest absolute Gasteiger partial charge is 0.512 e. The maximum absolute atomic E-state index is 10.0. The standard InChI is InChI=1S/C30H26NO.C5H8O2.Ir/c1-18-14-25-22-8-4-5-9-28(22)32-30(25)26(15-18)29-23-13-12-21(19-6-2-3-7-19)16-24(23)27(17-31-29)20-10-11-20;1-4(6)3-5(2)7;/h4-5,8-9,12-14,16-17,19-20H,2-3,6-7,10-11H2,1H3;3,6H,1-2H3;/q-1;;/b;4-3-;/i1D3,19D,20D;;. The molecule has 5 heteroatoms. The number of pyridine rings is 1. The summed E-state index contributed by atoms with van der Waals surface area (Å²) in [6.07, 6.45) is 8.30. The second-order valence-corrected chi connectivity index (χ2v) is 10.5. The minimum atomic E-state index is -2.34. The molecule has 1 N–H and O–H groups in total. The maximum atomic E-state index is 10.0. The summed E-state index contributed by atoms with van der Waals surface area (Å²) < 4.78 is 48.6. The third-order valence-electron chi connectivity index (χ3n) is 7.44. The first kappa shape index (κ1) is 22.4. The van der Waals surface area contributed by atoms with Crippen LogP contribution in [0.15, 0.2) is 71.0 Å². The van der Waals surface area contributed by atoms with E-state index in [0.717, 1.165) is 71.2 Å². The second kappa shape index (κ2) is 11.7. The zero-order valence-corrected chi connectivity index (χ0v) is 25.0. The number of carbonyl (C=O) groups excluding carboxylic acids is 1. The van der Waals surface area contributed by atoms with Crippen molar-refractivity contribution in [2.45, 2.75) is 71.0 Å². The van der Waals surface area contributed by atoms with Gasteiger partial charge in [0.2, 0.25) is 0 Å². The number of aliphatic hydroxyl groups excluding tert-OH is 1.